The molecule has 6 heteroatoms. The van der Waals surface area contributed by atoms with Gasteiger partial charge in [-0.2, -0.15) is 11.8 Å². The number of aromatic amines is 1. The fourth-order valence-electron chi connectivity index (χ4n) is 2.51. The van der Waals surface area contributed by atoms with Crippen molar-refractivity contribution in [3.63, 3.8) is 0 Å². The number of nitrogens with zero attached hydrogens (tertiary/aromatic N) is 2. The van der Waals surface area contributed by atoms with Crippen LogP contribution in [0.1, 0.15) is 16.8 Å². The highest BCUT2D eigenvalue weighted by atomic mass is 32.2. The molecule has 134 valence electrons. The highest BCUT2D eigenvalue weighted by Crippen LogP contribution is 2.09. The molecule has 0 unspecified atom stereocenters. The molecule has 0 aliphatic heterocycles. The fourth-order valence-corrected chi connectivity index (χ4v) is 3.29. The quantitative estimate of drug-likeness (QED) is 0.569. The van der Waals surface area contributed by atoms with Gasteiger partial charge in [-0.05, 0) is 30.5 Å². The van der Waals surface area contributed by atoms with Gasteiger partial charge in [-0.25, -0.2) is 4.98 Å². The van der Waals surface area contributed by atoms with Gasteiger partial charge in [0.05, 0.1) is 5.69 Å². The highest BCUT2D eigenvalue weighted by molar-refractivity contribution is 7.98. The summed E-state index contributed by atoms with van der Waals surface area (Å²) in [6, 6.07) is 16.1. The van der Waals surface area contributed by atoms with Crippen LogP contribution in [0.4, 0.5) is 5.95 Å². The summed E-state index contributed by atoms with van der Waals surface area (Å²) in [4.78, 5) is 23.6. The Morgan fingerprint density at radius 1 is 1.00 bits per heavy atom. The Morgan fingerprint density at radius 2 is 1.85 bits per heavy atom. The molecule has 3 aromatic rings. The van der Waals surface area contributed by atoms with Gasteiger partial charge in [-0.15, -0.1) is 0 Å². The van der Waals surface area contributed by atoms with Gasteiger partial charge in [0.1, 0.15) is 0 Å². The molecule has 0 saturated heterocycles. The zero-order valence-electron chi connectivity index (χ0n) is 14.5. The maximum atomic E-state index is 12.2. The summed E-state index contributed by atoms with van der Waals surface area (Å²) in [7, 11) is 0. The van der Waals surface area contributed by atoms with E-state index in [9.17, 15) is 4.79 Å². The van der Waals surface area contributed by atoms with Crippen LogP contribution in [0.3, 0.4) is 0 Å². The smallest absolute Gasteiger partial charge is 0.255 e. The SMILES string of the molecule is O=c1[nH]c(NCCSCc2ccccn2)ncc1CCc1ccccc1. The third kappa shape index (κ3) is 5.74. The normalized spacial score (nSPS) is 10.6. The first kappa shape index (κ1) is 18.2. The molecule has 2 aromatic heterocycles. The number of aromatic nitrogens is 3. The molecule has 0 fully saturated rings. The van der Waals surface area contributed by atoms with E-state index in [0.29, 0.717) is 17.9 Å². The second-order valence-electron chi connectivity index (χ2n) is 5.87. The van der Waals surface area contributed by atoms with Crippen LogP contribution in [0, 0.1) is 0 Å². The second-order valence-corrected chi connectivity index (χ2v) is 6.98. The molecule has 0 saturated carbocycles. The summed E-state index contributed by atoms with van der Waals surface area (Å²) in [5, 5.41) is 3.16. The van der Waals surface area contributed by atoms with Gasteiger partial charge < -0.3 is 5.32 Å². The zero-order valence-corrected chi connectivity index (χ0v) is 15.3. The first-order valence-corrected chi connectivity index (χ1v) is 9.80. The summed E-state index contributed by atoms with van der Waals surface area (Å²) in [5.74, 6) is 2.32. The minimum Gasteiger partial charge on any atom is -0.355 e. The second kappa shape index (κ2) is 9.77. The number of rotatable bonds is 9. The van der Waals surface area contributed by atoms with Crippen LogP contribution in [0.25, 0.3) is 0 Å². The van der Waals surface area contributed by atoms with Gasteiger partial charge >= 0.3 is 0 Å². The fraction of sp³-hybridized carbons (Fsp3) is 0.250. The number of H-pyrrole nitrogens is 1. The van der Waals surface area contributed by atoms with Gasteiger partial charge in [0, 0.05) is 36.0 Å². The van der Waals surface area contributed by atoms with Crippen LogP contribution in [-0.2, 0) is 18.6 Å². The van der Waals surface area contributed by atoms with Crippen molar-refractivity contribution in [2.24, 2.45) is 0 Å². The summed E-state index contributed by atoms with van der Waals surface area (Å²) < 4.78 is 0. The van der Waals surface area contributed by atoms with Crippen LogP contribution in [0.2, 0.25) is 0 Å². The Morgan fingerprint density at radius 3 is 2.62 bits per heavy atom. The Bertz CT molecular complexity index is 852. The summed E-state index contributed by atoms with van der Waals surface area (Å²) in [5.41, 5.74) is 2.94. The lowest BCUT2D eigenvalue weighted by molar-refractivity contribution is 0.911. The number of benzene rings is 1. The summed E-state index contributed by atoms with van der Waals surface area (Å²) >= 11 is 1.79. The van der Waals surface area contributed by atoms with Crippen LogP contribution >= 0.6 is 11.8 Å². The topological polar surface area (TPSA) is 70.7 Å². The standard InChI is InChI=1S/C20H22N4OS/c25-19-17(10-9-16-6-2-1-3-7-16)14-23-20(24-19)22-12-13-26-15-18-8-4-5-11-21-18/h1-8,11,14H,9-10,12-13,15H2,(H2,22,23,24,25). The first-order valence-electron chi connectivity index (χ1n) is 8.65. The number of anilines is 1. The number of thioether (sulfide) groups is 1. The van der Waals surface area contributed by atoms with E-state index in [1.54, 1.807) is 18.0 Å². The number of aryl methyl sites for hydroxylation is 2. The van der Waals surface area contributed by atoms with Crippen LogP contribution in [-0.4, -0.2) is 27.2 Å². The van der Waals surface area contributed by atoms with Crippen molar-refractivity contribution in [2.75, 3.05) is 17.6 Å². The van der Waals surface area contributed by atoms with Gasteiger partial charge in [0.15, 0.2) is 0 Å². The van der Waals surface area contributed by atoms with E-state index in [4.69, 9.17) is 0 Å². The lowest BCUT2D eigenvalue weighted by Gasteiger charge is -2.06. The lowest BCUT2D eigenvalue weighted by atomic mass is 10.1. The van der Waals surface area contributed by atoms with Gasteiger partial charge in [0.2, 0.25) is 5.95 Å². The summed E-state index contributed by atoms with van der Waals surface area (Å²) in [6.07, 6.45) is 5.00. The average Bonchev–Trinajstić information content (AvgIpc) is 2.69. The minimum absolute atomic E-state index is 0.0698. The molecule has 0 atom stereocenters. The number of hydrogen-bond donors (Lipinski definition) is 2. The van der Waals surface area contributed by atoms with Crippen molar-refractivity contribution < 1.29 is 0 Å². The Kier molecular flexibility index (Phi) is 6.84. The molecule has 3 rings (SSSR count). The lowest BCUT2D eigenvalue weighted by Crippen LogP contribution is -2.18. The van der Waals surface area contributed by atoms with Gasteiger partial charge in [-0.3, -0.25) is 14.8 Å². The molecule has 5 nitrogen and oxygen atoms in total. The molecule has 0 bridgehead atoms. The molecule has 0 radical (unpaired) electrons. The van der Waals surface area contributed by atoms with E-state index in [-0.39, 0.29) is 5.56 Å². The molecule has 0 aliphatic rings. The van der Waals surface area contributed by atoms with E-state index in [1.165, 1.54) is 5.56 Å². The maximum Gasteiger partial charge on any atom is 0.255 e. The third-order valence-electron chi connectivity index (χ3n) is 3.91. The van der Waals surface area contributed by atoms with Crippen molar-refractivity contribution >= 4 is 17.7 Å². The average molecular weight is 366 g/mol. The molecular weight excluding hydrogens is 344 g/mol. The van der Waals surface area contributed by atoms with Crippen molar-refractivity contribution in [1.29, 1.82) is 0 Å². The van der Waals surface area contributed by atoms with E-state index >= 15 is 0 Å². The van der Waals surface area contributed by atoms with Crippen molar-refractivity contribution in [3.8, 4) is 0 Å². The maximum absolute atomic E-state index is 12.2. The molecule has 0 amide bonds. The van der Waals surface area contributed by atoms with Gasteiger partial charge in [-0.1, -0.05) is 36.4 Å². The van der Waals surface area contributed by atoms with Gasteiger partial charge in [0.25, 0.3) is 5.56 Å². The van der Waals surface area contributed by atoms with Crippen molar-refractivity contribution in [3.05, 3.63) is 88.1 Å². The van der Waals surface area contributed by atoms with E-state index in [0.717, 1.165) is 30.2 Å². The number of hydrogen-bond acceptors (Lipinski definition) is 5. The number of nitrogens with one attached hydrogen (secondary N) is 2. The highest BCUT2D eigenvalue weighted by Gasteiger charge is 2.03. The summed E-state index contributed by atoms with van der Waals surface area (Å²) in [6.45, 7) is 0.740. The number of pyridine rings is 1. The predicted octanol–water partition coefficient (Wildman–Crippen LogP) is 3.30. The Labute approximate surface area is 157 Å². The van der Waals surface area contributed by atoms with Crippen molar-refractivity contribution in [1.82, 2.24) is 15.0 Å². The molecular formula is C20H22N4OS. The monoisotopic (exact) mass is 366 g/mol. The molecule has 0 spiro atoms. The molecule has 2 heterocycles. The van der Waals surface area contributed by atoms with Crippen LogP contribution in [0.5, 0.6) is 0 Å². The zero-order chi connectivity index (χ0) is 18.0. The Hall–Kier alpha value is -2.60. The molecule has 2 N–H and O–H groups in total. The van der Waals surface area contributed by atoms with E-state index < -0.39 is 0 Å². The minimum atomic E-state index is -0.0698. The van der Waals surface area contributed by atoms with E-state index in [1.807, 2.05) is 42.6 Å². The molecule has 26 heavy (non-hydrogen) atoms. The first-order chi connectivity index (χ1) is 12.8. The third-order valence-corrected chi connectivity index (χ3v) is 4.91. The molecule has 1 aromatic carbocycles. The Balaban J connectivity index is 1.42. The predicted molar refractivity (Wildman–Crippen MR) is 108 cm³/mol. The van der Waals surface area contributed by atoms with Crippen molar-refractivity contribution in [2.45, 2.75) is 18.6 Å². The largest absolute Gasteiger partial charge is 0.355 e. The molecule has 0 aliphatic carbocycles. The van der Waals surface area contributed by atoms with E-state index in [2.05, 4.69) is 32.4 Å². The van der Waals surface area contributed by atoms with Crippen LogP contribution < -0.4 is 10.9 Å². The van der Waals surface area contributed by atoms with Crippen LogP contribution in [0.15, 0.2) is 65.7 Å².